The van der Waals surface area contributed by atoms with Crippen LogP contribution in [-0.2, 0) is 14.8 Å². The molecule has 1 saturated carbocycles. The van der Waals surface area contributed by atoms with Crippen molar-refractivity contribution in [3.05, 3.63) is 29.8 Å². The standard InChI is InChI=1S/C19H26N2O5S/c1-12(2)10-20-27(25,26)15-8-6-13(7-9-15)18(22)21-11-14-4-3-5-16(14)17(21)19(23)24/h6-9,12,14,16-17,20H,3-5,10-11H2,1-2H3,(H,23,24). The number of benzene rings is 1. The van der Waals surface area contributed by atoms with Gasteiger partial charge in [-0.2, -0.15) is 0 Å². The van der Waals surface area contributed by atoms with E-state index in [9.17, 15) is 23.1 Å². The number of nitrogens with one attached hydrogen (secondary N) is 1. The minimum Gasteiger partial charge on any atom is -0.480 e. The molecule has 3 unspecified atom stereocenters. The van der Waals surface area contributed by atoms with Crippen LogP contribution in [-0.4, -0.2) is 49.4 Å². The third-order valence-corrected chi connectivity index (χ3v) is 6.94. The Morgan fingerprint density at radius 1 is 1.22 bits per heavy atom. The first-order valence-corrected chi connectivity index (χ1v) is 10.8. The zero-order valence-electron chi connectivity index (χ0n) is 15.6. The van der Waals surface area contributed by atoms with Gasteiger partial charge in [0.25, 0.3) is 5.91 Å². The fourth-order valence-electron chi connectivity index (χ4n) is 4.13. The van der Waals surface area contributed by atoms with Gasteiger partial charge in [-0.15, -0.1) is 0 Å². The van der Waals surface area contributed by atoms with Gasteiger partial charge in [0.2, 0.25) is 10.0 Å². The molecule has 1 aromatic carbocycles. The normalized spacial score (nSPS) is 25.0. The molecular weight excluding hydrogens is 368 g/mol. The van der Waals surface area contributed by atoms with Crippen LogP contribution in [0.4, 0.5) is 0 Å². The summed E-state index contributed by atoms with van der Waals surface area (Å²) in [6.45, 7) is 4.61. The second kappa shape index (κ2) is 7.59. The van der Waals surface area contributed by atoms with Gasteiger partial charge in [-0.25, -0.2) is 17.9 Å². The number of carboxylic acid groups (broad SMARTS) is 1. The second-order valence-electron chi connectivity index (χ2n) is 7.87. The van der Waals surface area contributed by atoms with Gasteiger partial charge in [0.15, 0.2) is 0 Å². The molecule has 2 fully saturated rings. The lowest BCUT2D eigenvalue weighted by Gasteiger charge is -2.24. The number of carbonyl (C=O) groups excluding carboxylic acids is 1. The number of fused-ring (bicyclic) bond motifs is 1. The van der Waals surface area contributed by atoms with Crippen LogP contribution in [0.1, 0.15) is 43.5 Å². The minimum absolute atomic E-state index is 0.0198. The maximum atomic E-state index is 12.9. The van der Waals surface area contributed by atoms with E-state index in [1.54, 1.807) is 0 Å². The predicted octanol–water partition coefficient (Wildman–Crippen LogP) is 1.95. The maximum absolute atomic E-state index is 12.9. The first kappa shape index (κ1) is 19.8. The molecule has 1 heterocycles. The third kappa shape index (κ3) is 4.01. The van der Waals surface area contributed by atoms with Crippen molar-refractivity contribution in [1.82, 2.24) is 9.62 Å². The Kier molecular flexibility index (Phi) is 5.58. The molecule has 3 atom stereocenters. The van der Waals surface area contributed by atoms with Gasteiger partial charge in [-0.05, 0) is 54.9 Å². The monoisotopic (exact) mass is 394 g/mol. The Morgan fingerprint density at radius 2 is 1.89 bits per heavy atom. The highest BCUT2D eigenvalue weighted by Crippen LogP contribution is 2.42. The van der Waals surface area contributed by atoms with Crippen LogP contribution in [0.3, 0.4) is 0 Å². The highest BCUT2D eigenvalue weighted by Gasteiger charge is 2.49. The van der Waals surface area contributed by atoms with Crippen molar-refractivity contribution in [3.8, 4) is 0 Å². The van der Waals surface area contributed by atoms with Gasteiger partial charge >= 0.3 is 5.97 Å². The summed E-state index contributed by atoms with van der Waals surface area (Å²) >= 11 is 0. The fraction of sp³-hybridized carbons (Fsp3) is 0.579. The molecular formula is C19H26N2O5S. The molecule has 0 radical (unpaired) electrons. The van der Waals surface area contributed by atoms with Gasteiger partial charge in [-0.1, -0.05) is 20.3 Å². The van der Waals surface area contributed by atoms with E-state index in [1.165, 1.54) is 29.2 Å². The van der Waals surface area contributed by atoms with E-state index in [-0.39, 0.29) is 28.6 Å². The topological polar surface area (TPSA) is 104 Å². The molecule has 148 valence electrons. The SMILES string of the molecule is CC(C)CNS(=O)(=O)c1ccc(C(=O)N2CC3CCCC3C2C(=O)O)cc1. The smallest absolute Gasteiger partial charge is 0.326 e. The van der Waals surface area contributed by atoms with Crippen molar-refractivity contribution in [2.45, 2.75) is 44.0 Å². The summed E-state index contributed by atoms with van der Waals surface area (Å²) in [5.74, 6) is -0.866. The van der Waals surface area contributed by atoms with Crippen LogP contribution in [0.5, 0.6) is 0 Å². The zero-order valence-corrected chi connectivity index (χ0v) is 16.4. The van der Waals surface area contributed by atoms with Crippen LogP contribution < -0.4 is 4.72 Å². The highest BCUT2D eigenvalue weighted by atomic mass is 32.2. The molecule has 1 aliphatic heterocycles. The number of carboxylic acids is 1. The molecule has 1 aliphatic carbocycles. The van der Waals surface area contributed by atoms with Crippen molar-refractivity contribution in [1.29, 1.82) is 0 Å². The van der Waals surface area contributed by atoms with E-state index >= 15 is 0 Å². The lowest BCUT2D eigenvalue weighted by Crippen LogP contribution is -2.43. The van der Waals surface area contributed by atoms with Gasteiger partial charge in [0.1, 0.15) is 6.04 Å². The predicted molar refractivity (Wildman–Crippen MR) is 99.8 cm³/mol. The summed E-state index contributed by atoms with van der Waals surface area (Å²) in [6, 6.07) is 4.91. The molecule has 0 aromatic heterocycles. The van der Waals surface area contributed by atoms with E-state index < -0.39 is 22.0 Å². The van der Waals surface area contributed by atoms with Crippen LogP contribution in [0.25, 0.3) is 0 Å². The molecule has 0 spiro atoms. The van der Waals surface area contributed by atoms with Crippen LogP contribution >= 0.6 is 0 Å². The summed E-state index contributed by atoms with van der Waals surface area (Å²) in [6.07, 6.45) is 2.80. The Morgan fingerprint density at radius 3 is 2.48 bits per heavy atom. The van der Waals surface area contributed by atoms with Gasteiger partial charge in [-0.3, -0.25) is 4.79 Å². The summed E-state index contributed by atoms with van der Waals surface area (Å²) < 4.78 is 27.1. The van der Waals surface area contributed by atoms with E-state index in [4.69, 9.17) is 0 Å². The average molecular weight is 394 g/mol. The second-order valence-corrected chi connectivity index (χ2v) is 9.63. The minimum atomic E-state index is -3.62. The molecule has 7 nitrogen and oxygen atoms in total. The van der Waals surface area contributed by atoms with Crippen molar-refractivity contribution >= 4 is 21.9 Å². The first-order valence-electron chi connectivity index (χ1n) is 9.34. The summed E-state index contributed by atoms with van der Waals surface area (Å²) in [4.78, 5) is 26.1. The Bertz CT molecular complexity index is 819. The molecule has 1 amide bonds. The molecule has 1 aromatic rings. The average Bonchev–Trinajstić information content (AvgIpc) is 3.20. The number of amides is 1. The van der Waals surface area contributed by atoms with E-state index in [2.05, 4.69) is 4.72 Å². The Balaban J connectivity index is 1.77. The van der Waals surface area contributed by atoms with Gasteiger partial charge in [0.05, 0.1) is 4.90 Å². The van der Waals surface area contributed by atoms with Crippen LogP contribution in [0.2, 0.25) is 0 Å². The van der Waals surface area contributed by atoms with Crippen molar-refractivity contribution in [2.24, 2.45) is 17.8 Å². The molecule has 8 heteroatoms. The Hall–Kier alpha value is -1.93. The maximum Gasteiger partial charge on any atom is 0.326 e. The first-order chi connectivity index (χ1) is 12.7. The number of likely N-dealkylation sites (tertiary alicyclic amines) is 1. The van der Waals surface area contributed by atoms with Gasteiger partial charge < -0.3 is 10.0 Å². The van der Waals surface area contributed by atoms with E-state index in [1.807, 2.05) is 13.8 Å². The third-order valence-electron chi connectivity index (χ3n) is 5.50. The van der Waals surface area contributed by atoms with E-state index in [0.717, 1.165) is 19.3 Å². The Labute approximate surface area is 159 Å². The molecule has 27 heavy (non-hydrogen) atoms. The van der Waals surface area contributed by atoms with Gasteiger partial charge in [0, 0.05) is 18.7 Å². The molecule has 3 rings (SSSR count). The molecule has 2 N–H and O–H groups in total. The van der Waals surface area contributed by atoms with Crippen molar-refractivity contribution in [3.63, 3.8) is 0 Å². The number of carbonyl (C=O) groups is 2. The van der Waals surface area contributed by atoms with Crippen LogP contribution in [0.15, 0.2) is 29.2 Å². The number of sulfonamides is 1. The van der Waals surface area contributed by atoms with Crippen molar-refractivity contribution in [2.75, 3.05) is 13.1 Å². The zero-order chi connectivity index (χ0) is 19.8. The van der Waals surface area contributed by atoms with Crippen LogP contribution in [0, 0.1) is 17.8 Å². The van der Waals surface area contributed by atoms with E-state index in [0.29, 0.717) is 18.7 Å². The number of rotatable bonds is 6. The molecule has 2 aliphatic rings. The largest absolute Gasteiger partial charge is 0.480 e. The number of hydrogen-bond donors (Lipinski definition) is 2. The number of hydrogen-bond acceptors (Lipinski definition) is 4. The lowest BCUT2D eigenvalue weighted by atomic mass is 9.94. The molecule has 0 bridgehead atoms. The quantitative estimate of drug-likeness (QED) is 0.767. The number of aliphatic carboxylic acids is 1. The van der Waals surface area contributed by atoms with Crippen molar-refractivity contribution < 1.29 is 23.1 Å². The fourth-order valence-corrected chi connectivity index (χ4v) is 5.35. The lowest BCUT2D eigenvalue weighted by molar-refractivity contribution is -0.142. The summed E-state index contributed by atoms with van der Waals surface area (Å²) in [5.41, 5.74) is 0.309. The highest BCUT2D eigenvalue weighted by molar-refractivity contribution is 7.89. The number of nitrogens with zero attached hydrogens (tertiary/aromatic N) is 1. The summed E-state index contributed by atoms with van der Waals surface area (Å²) in [5, 5.41) is 9.60. The summed E-state index contributed by atoms with van der Waals surface area (Å²) in [7, 11) is -3.62. The molecule has 1 saturated heterocycles.